The minimum atomic E-state index is -1.18. The Labute approximate surface area is 135 Å². The van der Waals surface area contributed by atoms with Gasteiger partial charge in [0.05, 0.1) is 18.1 Å². The van der Waals surface area contributed by atoms with Gasteiger partial charge in [-0.05, 0) is 25.8 Å². The first-order valence-corrected chi connectivity index (χ1v) is 8.29. The molecule has 0 bridgehead atoms. The number of hydrogen-bond acceptors (Lipinski definition) is 4. The molecule has 2 rings (SSSR count). The number of carbonyl (C=O) groups excluding carboxylic acids is 1. The number of hydrogen-bond donors (Lipinski definition) is 2. The number of benzene rings is 1. The van der Waals surface area contributed by atoms with E-state index in [0.717, 1.165) is 22.7 Å². The number of nitrogens with zero attached hydrogens (tertiary/aromatic N) is 1. The average molecular weight is 318 g/mol. The van der Waals surface area contributed by atoms with Crippen molar-refractivity contribution in [3.05, 3.63) is 52.0 Å². The molecule has 0 spiro atoms. The Morgan fingerprint density at radius 1 is 1.41 bits per heavy atom. The lowest BCUT2D eigenvalue weighted by Crippen LogP contribution is -2.34. The van der Waals surface area contributed by atoms with Gasteiger partial charge in [-0.1, -0.05) is 37.3 Å². The van der Waals surface area contributed by atoms with E-state index in [-0.39, 0.29) is 18.4 Å². The summed E-state index contributed by atoms with van der Waals surface area (Å²) in [6.45, 7) is 5.61. The van der Waals surface area contributed by atoms with Crippen molar-refractivity contribution in [2.75, 3.05) is 0 Å². The third-order valence-electron chi connectivity index (χ3n) is 3.58. The van der Waals surface area contributed by atoms with Gasteiger partial charge >= 0.3 is 0 Å². The summed E-state index contributed by atoms with van der Waals surface area (Å²) in [6.07, 6.45) is 0.796. The molecule has 5 heteroatoms. The number of carbonyl (C=O) groups is 1. The largest absolute Gasteiger partial charge is 0.385 e. The number of amides is 1. The molecule has 2 unspecified atom stereocenters. The summed E-state index contributed by atoms with van der Waals surface area (Å²) in [5, 5.41) is 16.4. The molecule has 0 radical (unpaired) electrons. The topological polar surface area (TPSA) is 62.2 Å². The van der Waals surface area contributed by atoms with E-state index < -0.39 is 5.60 Å². The third-order valence-corrected chi connectivity index (χ3v) is 4.66. The highest BCUT2D eigenvalue weighted by Crippen LogP contribution is 2.26. The molecule has 2 atom stereocenters. The molecule has 1 heterocycles. The van der Waals surface area contributed by atoms with Crippen LogP contribution in [0.3, 0.4) is 0 Å². The summed E-state index contributed by atoms with van der Waals surface area (Å²) in [5.41, 5.74) is 0.523. The van der Waals surface area contributed by atoms with Gasteiger partial charge in [0, 0.05) is 11.1 Å². The van der Waals surface area contributed by atoms with E-state index in [1.54, 1.807) is 18.3 Å². The number of aliphatic hydroxyl groups is 1. The van der Waals surface area contributed by atoms with Crippen molar-refractivity contribution in [2.45, 2.75) is 45.3 Å². The van der Waals surface area contributed by atoms with Gasteiger partial charge < -0.3 is 10.4 Å². The Kier molecular flexibility index (Phi) is 5.32. The minimum absolute atomic E-state index is 0.0257. The van der Waals surface area contributed by atoms with Gasteiger partial charge in [0.15, 0.2) is 0 Å². The third kappa shape index (κ3) is 4.15. The van der Waals surface area contributed by atoms with Crippen LogP contribution in [-0.2, 0) is 10.4 Å². The first-order valence-electron chi connectivity index (χ1n) is 7.41. The second-order valence-electron chi connectivity index (χ2n) is 5.67. The lowest BCUT2D eigenvalue weighted by molar-refractivity contribution is -0.126. The van der Waals surface area contributed by atoms with Crippen LogP contribution in [0.5, 0.6) is 0 Å². The molecule has 2 aromatic rings. The van der Waals surface area contributed by atoms with Gasteiger partial charge in [0.2, 0.25) is 5.91 Å². The molecule has 0 saturated heterocycles. The molecular weight excluding hydrogens is 296 g/mol. The normalized spacial score (nSPS) is 15.1. The van der Waals surface area contributed by atoms with Gasteiger partial charge in [0.1, 0.15) is 5.01 Å². The van der Waals surface area contributed by atoms with Crippen molar-refractivity contribution in [3.8, 4) is 0 Å². The Morgan fingerprint density at radius 2 is 2.09 bits per heavy atom. The Bertz CT molecular complexity index is 623. The zero-order chi connectivity index (χ0) is 16.2. The maximum atomic E-state index is 12.3. The van der Waals surface area contributed by atoms with Crippen LogP contribution in [0.4, 0.5) is 0 Å². The van der Waals surface area contributed by atoms with Gasteiger partial charge in [0.25, 0.3) is 0 Å². The van der Waals surface area contributed by atoms with Gasteiger partial charge in [-0.15, -0.1) is 11.3 Å². The quantitative estimate of drug-likeness (QED) is 0.859. The Hall–Kier alpha value is -1.72. The lowest BCUT2D eigenvalue weighted by atomic mass is 9.92. The number of aromatic nitrogens is 1. The highest BCUT2D eigenvalue weighted by atomic mass is 32.1. The molecule has 0 aliphatic rings. The number of aryl methyl sites for hydroxylation is 1. The fourth-order valence-electron chi connectivity index (χ4n) is 2.33. The maximum Gasteiger partial charge on any atom is 0.223 e. The maximum absolute atomic E-state index is 12.3. The molecule has 1 aromatic heterocycles. The van der Waals surface area contributed by atoms with Crippen LogP contribution in [0.2, 0.25) is 0 Å². The predicted molar refractivity (Wildman–Crippen MR) is 88.7 cm³/mol. The second-order valence-corrected chi connectivity index (χ2v) is 6.56. The van der Waals surface area contributed by atoms with Crippen molar-refractivity contribution in [3.63, 3.8) is 0 Å². The van der Waals surface area contributed by atoms with Crippen LogP contribution < -0.4 is 5.32 Å². The molecule has 0 aliphatic heterocycles. The monoisotopic (exact) mass is 318 g/mol. The molecule has 0 saturated carbocycles. The van der Waals surface area contributed by atoms with Gasteiger partial charge in [-0.3, -0.25) is 4.79 Å². The second kappa shape index (κ2) is 7.03. The molecule has 1 aromatic carbocycles. The Balaban J connectivity index is 2.02. The number of thiazole rings is 1. The molecule has 0 fully saturated rings. The standard InChI is InChI=1S/C17H22N2O2S/c1-4-14(16-18-12(2)11-22-16)19-15(20)10-17(3,21)13-8-6-5-7-9-13/h5-9,11,14,21H,4,10H2,1-3H3,(H,19,20). The highest BCUT2D eigenvalue weighted by Gasteiger charge is 2.27. The van der Waals surface area contributed by atoms with E-state index in [1.165, 1.54) is 0 Å². The summed E-state index contributed by atoms with van der Waals surface area (Å²) in [7, 11) is 0. The molecule has 0 aliphatic carbocycles. The molecule has 2 N–H and O–H groups in total. The fraction of sp³-hybridized carbons (Fsp3) is 0.412. The first kappa shape index (κ1) is 16.6. The lowest BCUT2D eigenvalue weighted by Gasteiger charge is -2.24. The van der Waals surface area contributed by atoms with Crippen molar-refractivity contribution >= 4 is 17.2 Å². The summed E-state index contributed by atoms with van der Waals surface area (Å²) in [4.78, 5) is 16.7. The van der Waals surface area contributed by atoms with Crippen LogP contribution in [0.15, 0.2) is 35.7 Å². The zero-order valence-electron chi connectivity index (χ0n) is 13.2. The Morgan fingerprint density at radius 3 is 2.64 bits per heavy atom. The zero-order valence-corrected chi connectivity index (χ0v) is 14.0. The van der Waals surface area contributed by atoms with E-state index >= 15 is 0 Å². The van der Waals surface area contributed by atoms with Crippen molar-refractivity contribution in [1.82, 2.24) is 10.3 Å². The fourth-order valence-corrected chi connectivity index (χ4v) is 3.26. The molecule has 1 amide bonds. The molecule has 22 heavy (non-hydrogen) atoms. The predicted octanol–water partition coefficient (Wildman–Crippen LogP) is 3.32. The summed E-state index contributed by atoms with van der Waals surface area (Å²) >= 11 is 1.55. The first-order chi connectivity index (χ1) is 10.4. The van der Waals surface area contributed by atoms with E-state index in [1.807, 2.05) is 49.6 Å². The van der Waals surface area contributed by atoms with E-state index in [9.17, 15) is 9.90 Å². The van der Waals surface area contributed by atoms with Crippen molar-refractivity contribution in [1.29, 1.82) is 0 Å². The van der Waals surface area contributed by atoms with Crippen LogP contribution in [0.25, 0.3) is 0 Å². The number of nitrogens with one attached hydrogen (secondary N) is 1. The van der Waals surface area contributed by atoms with Crippen LogP contribution in [0.1, 0.15) is 49.0 Å². The number of rotatable bonds is 6. The average Bonchev–Trinajstić information content (AvgIpc) is 2.91. The summed E-state index contributed by atoms with van der Waals surface area (Å²) < 4.78 is 0. The van der Waals surface area contributed by atoms with E-state index in [2.05, 4.69) is 10.3 Å². The van der Waals surface area contributed by atoms with Gasteiger partial charge in [-0.25, -0.2) is 4.98 Å². The minimum Gasteiger partial charge on any atom is -0.385 e. The van der Waals surface area contributed by atoms with E-state index in [0.29, 0.717) is 0 Å². The molecule has 4 nitrogen and oxygen atoms in total. The highest BCUT2D eigenvalue weighted by molar-refractivity contribution is 7.09. The molecule has 118 valence electrons. The molecular formula is C17H22N2O2S. The smallest absolute Gasteiger partial charge is 0.223 e. The van der Waals surface area contributed by atoms with E-state index in [4.69, 9.17) is 0 Å². The van der Waals surface area contributed by atoms with Crippen molar-refractivity contribution < 1.29 is 9.90 Å². The SMILES string of the molecule is CCC(NC(=O)CC(C)(O)c1ccccc1)c1nc(C)cs1. The van der Waals surface area contributed by atoms with Crippen LogP contribution in [0, 0.1) is 6.92 Å². The van der Waals surface area contributed by atoms with Crippen LogP contribution >= 0.6 is 11.3 Å². The van der Waals surface area contributed by atoms with Crippen molar-refractivity contribution in [2.24, 2.45) is 0 Å². The van der Waals surface area contributed by atoms with Crippen LogP contribution in [-0.4, -0.2) is 16.0 Å². The van der Waals surface area contributed by atoms with Gasteiger partial charge in [-0.2, -0.15) is 0 Å². The summed E-state index contributed by atoms with van der Waals surface area (Å²) in [6, 6.07) is 9.16. The summed E-state index contributed by atoms with van der Waals surface area (Å²) in [5.74, 6) is -0.173.